The van der Waals surface area contributed by atoms with Gasteiger partial charge in [-0.1, -0.05) is 25.1 Å². The molecule has 0 aliphatic carbocycles. The molecule has 1 fully saturated rings. The Hall–Kier alpha value is -2.30. The Bertz CT molecular complexity index is 623. The van der Waals surface area contributed by atoms with E-state index >= 15 is 0 Å². The summed E-state index contributed by atoms with van der Waals surface area (Å²) in [7, 11) is 0. The van der Waals surface area contributed by atoms with Crippen LogP contribution >= 0.6 is 0 Å². The molecule has 2 amide bonds. The lowest BCUT2D eigenvalue weighted by Gasteiger charge is -2.31. The number of amides is 2. The fourth-order valence-corrected chi connectivity index (χ4v) is 2.97. The normalized spacial score (nSPS) is 18.2. The number of hydrogen-bond donors (Lipinski definition) is 1. The van der Waals surface area contributed by atoms with Crippen molar-refractivity contribution >= 4 is 6.03 Å². The maximum Gasteiger partial charge on any atom is 0.317 e. The van der Waals surface area contributed by atoms with Gasteiger partial charge in [-0.2, -0.15) is 0 Å². The summed E-state index contributed by atoms with van der Waals surface area (Å²) >= 11 is 0. The van der Waals surface area contributed by atoms with Gasteiger partial charge in [-0.25, -0.2) is 9.78 Å². The molecule has 0 bridgehead atoms. The first-order chi connectivity index (χ1) is 10.7. The highest BCUT2D eigenvalue weighted by atomic mass is 16.2. The van der Waals surface area contributed by atoms with Crippen molar-refractivity contribution in [3.63, 3.8) is 0 Å². The first kappa shape index (κ1) is 14.6. The maximum absolute atomic E-state index is 12.3. The number of urea groups is 1. The van der Waals surface area contributed by atoms with Crippen LogP contribution in [-0.4, -0.2) is 33.6 Å². The fourth-order valence-electron chi connectivity index (χ4n) is 2.97. The number of aromatic nitrogens is 2. The molecule has 2 aromatic rings. The molecule has 1 aliphatic rings. The van der Waals surface area contributed by atoms with Gasteiger partial charge in [0.15, 0.2) is 0 Å². The lowest BCUT2D eigenvalue weighted by atomic mass is 10.0. The highest BCUT2D eigenvalue weighted by Gasteiger charge is 2.20. The number of nitrogens with zero attached hydrogens (tertiary/aromatic N) is 3. The molecule has 22 heavy (non-hydrogen) atoms. The standard InChI is InChI=1S/C17H22N4O/c1-14-5-4-9-20(12-14)17(22)19-11-15-6-2-3-7-16(15)21-10-8-18-13-21/h2-3,6-8,10,13-14H,4-5,9,11-12H2,1H3,(H,19,22). The first-order valence-electron chi connectivity index (χ1n) is 7.83. The maximum atomic E-state index is 12.3. The third kappa shape index (κ3) is 3.30. The van der Waals surface area contributed by atoms with Gasteiger partial charge in [0, 0.05) is 32.0 Å². The highest BCUT2D eigenvalue weighted by Crippen LogP contribution is 2.16. The summed E-state index contributed by atoms with van der Waals surface area (Å²) in [5.41, 5.74) is 2.13. The third-order valence-electron chi connectivity index (χ3n) is 4.15. The Morgan fingerprint density at radius 2 is 2.27 bits per heavy atom. The van der Waals surface area contributed by atoms with Crippen LogP contribution in [0.4, 0.5) is 4.79 Å². The monoisotopic (exact) mass is 298 g/mol. The lowest BCUT2D eigenvalue weighted by Crippen LogP contribution is -2.44. The van der Waals surface area contributed by atoms with Gasteiger partial charge in [0.2, 0.25) is 0 Å². The topological polar surface area (TPSA) is 50.2 Å². The lowest BCUT2D eigenvalue weighted by molar-refractivity contribution is 0.169. The summed E-state index contributed by atoms with van der Waals surface area (Å²) in [6, 6.07) is 8.09. The van der Waals surface area contributed by atoms with Crippen molar-refractivity contribution in [1.82, 2.24) is 19.8 Å². The SMILES string of the molecule is CC1CCCN(C(=O)NCc2ccccc2-n2ccnc2)C1. The minimum absolute atomic E-state index is 0.0342. The minimum atomic E-state index is 0.0342. The Morgan fingerprint density at radius 1 is 1.41 bits per heavy atom. The number of nitrogens with one attached hydrogen (secondary N) is 1. The molecule has 116 valence electrons. The van der Waals surface area contributed by atoms with E-state index in [0.717, 1.165) is 30.8 Å². The van der Waals surface area contributed by atoms with Gasteiger partial charge in [0.1, 0.15) is 0 Å². The molecule has 2 heterocycles. The summed E-state index contributed by atoms with van der Waals surface area (Å²) in [4.78, 5) is 18.3. The van der Waals surface area contributed by atoms with Crippen LogP contribution in [0.3, 0.4) is 0 Å². The summed E-state index contributed by atoms with van der Waals surface area (Å²) in [6.45, 7) is 4.44. The number of rotatable bonds is 3. The van der Waals surface area contributed by atoms with Gasteiger partial charge in [0.25, 0.3) is 0 Å². The van der Waals surface area contributed by atoms with E-state index in [1.165, 1.54) is 6.42 Å². The average molecular weight is 298 g/mol. The highest BCUT2D eigenvalue weighted by molar-refractivity contribution is 5.74. The Kier molecular flexibility index (Phi) is 4.42. The van der Waals surface area contributed by atoms with Gasteiger partial charge < -0.3 is 14.8 Å². The molecule has 0 radical (unpaired) electrons. The first-order valence-corrected chi connectivity index (χ1v) is 7.83. The zero-order valence-electron chi connectivity index (χ0n) is 12.9. The van der Waals surface area contributed by atoms with Crippen LogP contribution in [0.2, 0.25) is 0 Å². The molecule has 1 N–H and O–H groups in total. The molecule has 5 nitrogen and oxygen atoms in total. The third-order valence-corrected chi connectivity index (χ3v) is 4.15. The number of para-hydroxylation sites is 1. The zero-order valence-corrected chi connectivity index (χ0v) is 12.9. The predicted molar refractivity (Wildman–Crippen MR) is 85.8 cm³/mol. The summed E-state index contributed by atoms with van der Waals surface area (Å²) in [6.07, 6.45) is 7.75. The second-order valence-corrected chi connectivity index (χ2v) is 5.95. The van der Waals surface area contributed by atoms with E-state index in [0.29, 0.717) is 12.5 Å². The second-order valence-electron chi connectivity index (χ2n) is 5.95. The van der Waals surface area contributed by atoms with Crippen LogP contribution < -0.4 is 5.32 Å². The minimum Gasteiger partial charge on any atom is -0.334 e. The van der Waals surface area contributed by atoms with E-state index in [2.05, 4.69) is 17.2 Å². The quantitative estimate of drug-likeness (QED) is 0.947. The van der Waals surface area contributed by atoms with Crippen LogP contribution in [0.5, 0.6) is 0 Å². The largest absolute Gasteiger partial charge is 0.334 e. The van der Waals surface area contributed by atoms with Crippen molar-refractivity contribution in [2.45, 2.75) is 26.3 Å². The van der Waals surface area contributed by atoms with Crippen LogP contribution in [0.25, 0.3) is 5.69 Å². The molecule has 1 aromatic carbocycles. The number of carbonyl (C=O) groups excluding carboxylic acids is 1. The molecule has 0 saturated carbocycles. The smallest absolute Gasteiger partial charge is 0.317 e. The summed E-state index contributed by atoms with van der Waals surface area (Å²) in [5.74, 6) is 0.595. The van der Waals surface area contributed by atoms with E-state index < -0.39 is 0 Å². The van der Waals surface area contributed by atoms with Gasteiger partial charge in [-0.3, -0.25) is 0 Å². The van der Waals surface area contributed by atoms with Crippen molar-refractivity contribution in [3.05, 3.63) is 48.5 Å². The zero-order chi connectivity index (χ0) is 15.4. The molecule has 5 heteroatoms. The Balaban J connectivity index is 1.65. The van der Waals surface area contributed by atoms with Crippen molar-refractivity contribution in [2.24, 2.45) is 5.92 Å². The van der Waals surface area contributed by atoms with E-state index in [4.69, 9.17) is 0 Å². The molecule has 1 aromatic heterocycles. The molecule has 1 atom stereocenters. The van der Waals surface area contributed by atoms with Gasteiger partial charge in [-0.05, 0) is 30.4 Å². The molecular weight excluding hydrogens is 276 g/mol. The van der Waals surface area contributed by atoms with Gasteiger partial charge in [0.05, 0.1) is 12.0 Å². The Morgan fingerprint density at radius 3 is 3.05 bits per heavy atom. The van der Waals surface area contributed by atoms with Crippen LogP contribution in [0.1, 0.15) is 25.3 Å². The van der Waals surface area contributed by atoms with E-state index in [9.17, 15) is 4.79 Å². The Labute approximate surface area is 131 Å². The number of likely N-dealkylation sites (tertiary alicyclic amines) is 1. The number of carbonyl (C=O) groups is 1. The molecule has 3 rings (SSSR count). The van der Waals surface area contributed by atoms with Crippen LogP contribution in [-0.2, 0) is 6.54 Å². The molecule has 1 aliphatic heterocycles. The van der Waals surface area contributed by atoms with Gasteiger partial charge >= 0.3 is 6.03 Å². The fraction of sp³-hybridized carbons (Fsp3) is 0.412. The number of hydrogen-bond acceptors (Lipinski definition) is 2. The van der Waals surface area contributed by atoms with Crippen LogP contribution in [0.15, 0.2) is 43.0 Å². The predicted octanol–water partition coefficient (Wildman–Crippen LogP) is 2.81. The van der Waals surface area contributed by atoms with E-state index in [-0.39, 0.29) is 6.03 Å². The summed E-state index contributed by atoms with van der Waals surface area (Å²) in [5, 5.41) is 3.04. The number of piperidine rings is 1. The second kappa shape index (κ2) is 6.64. The number of imidazole rings is 1. The molecular formula is C17H22N4O. The van der Waals surface area contributed by atoms with E-state index in [1.807, 2.05) is 39.9 Å². The van der Waals surface area contributed by atoms with Crippen molar-refractivity contribution < 1.29 is 4.79 Å². The summed E-state index contributed by atoms with van der Waals surface area (Å²) < 4.78 is 1.96. The molecule has 1 saturated heterocycles. The van der Waals surface area contributed by atoms with E-state index in [1.54, 1.807) is 12.5 Å². The van der Waals surface area contributed by atoms with Crippen LogP contribution in [0, 0.1) is 5.92 Å². The molecule has 1 unspecified atom stereocenters. The van der Waals surface area contributed by atoms with Crippen molar-refractivity contribution in [2.75, 3.05) is 13.1 Å². The van der Waals surface area contributed by atoms with Crippen molar-refractivity contribution in [1.29, 1.82) is 0 Å². The number of benzene rings is 1. The average Bonchev–Trinajstić information content (AvgIpc) is 3.07. The van der Waals surface area contributed by atoms with Crippen molar-refractivity contribution in [3.8, 4) is 5.69 Å². The van der Waals surface area contributed by atoms with Gasteiger partial charge in [-0.15, -0.1) is 0 Å². The molecule has 0 spiro atoms.